The number of piperidine rings is 1. The van der Waals surface area contributed by atoms with Crippen LogP contribution in [-0.2, 0) is 4.79 Å². The number of hydrogen-bond acceptors (Lipinski definition) is 4. The first-order chi connectivity index (χ1) is 9.02. The average molecular weight is 265 g/mol. The van der Waals surface area contributed by atoms with Gasteiger partial charge in [-0.25, -0.2) is 0 Å². The molecule has 104 valence electrons. The van der Waals surface area contributed by atoms with Crippen molar-refractivity contribution in [2.75, 3.05) is 18.0 Å². The summed E-state index contributed by atoms with van der Waals surface area (Å²) in [6, 6.07) is 6.98. The molecule has 1 aromatic rings. The minimum Gasteiger partial charge on any atom is -0.370 e. The zero-order valence-corrected chi connectivity index (χ0v) is 11.0. The summed E-state index contributed by atoms with van der Waals surface area (Å²) in [7, 11) is 0. The van der Waals surface area contributed by atoms with Crippen molar-refractivity contribution in [3.63, 3.8) is 0 Å². The third-order valence-corrected chi connectivity index (χ3v) is 2.78. The SMILES string of the molecule is CC(N)=O.O=[N+]([O-])c1ccccc1N1CCCCC1. The monoisotopic (exact) mass is 265 g/mol. The molecule has 0 saturated carbocycles. The number of amides is 1. The lowest BCUT2D eigenvalue weighted by atomic mass is 10.1. The van der Waals surface area contributed by atoms with Gasteiger partial charge in [-0.05, 0) is 25.3 Å². The van der Waals surface area contributed by atoms with E-state index in [9.17, 15) is 14.9 Å². The van der Waals surface area contributed by atoms with Crippen LogP contribution in [0.4, 0.5) is 11.4 Å². The van der Waals surface area contributed by atoms with Gasteiger partial charge >= 0.3 is 0 Å². The summed E-state index contributed by atoms with van der Waals surface area (Å²) in [5, 5.41) is 10.8. The molecule has 2 N–H and O–H groups in total. The van der Waals surface area contributed by atoms with Gasteiger partial charge < -0.3 is 10.6 Å². The van der Waals surface area contributed by atoms with Crippen molar-refractivity contribution in [2.45, 2.75) is 26.2 Å². The standard InChI is InChI=1S/C11H14N2O2.C2H5NO/c14-13(15)11-7-3-2-6-10(11)12-8-4-1-5-9-12;1-2(3)4/h2-3,6-7H,1,4-5,8-9H2;1H3,(H2,3,4). The van der Waals surface area contributed by atoms with E-state index in [2.05, 4.69) is 10.6 Å². The molecule has 19 heavy (non-hydrogen) atoms. The topological polar surface area (TPSA) is 89.5 Å². The lowest BCUT2D eigenvalue weighted by molar-refractivity contribution is -0.384. The third kappa shape index (κ3) is 4.95. The fraction of sp³-hybridized carbons (Fsp3) is 0.462. The molecule has 1 aliphatic heterocycles. The predicted octanol–water partition coefficient (Wildman–Crippen LogP) is 2.08. The second-order valence-corrected chi connectivity index (χ2v) is 4.40. The number of nitro groups is 1. The highest BCUT2D eigenvalue weighted by atomic mass is 16.6. The maximum Gasteiger partial charge on any atom is 0.292 e. The van der Waals surface area contributed by atoms with E-state index in [0.29, 0.717) is 0 Å². The molecule has 0 aromatic heterocycles. The first-order valence-electron chi connectivity index (χ1n) is 6.26. The van der Waals surface area contributed by atoms with Gasteiger partial charge in [-0.15, -0.1) is 0 Å². The van der Waals surface area contributed by atoms with Crippen LogP contribution in [0.1, 0.15) is 26.2 Å². The Morgan fingerprint density at radius 2 is 1.79 bits per heavy atom. The Morgan fingerprint density at radius 1 is 1.26 bits per heavy atom. The molecule has 6 nitrogen and oxygen atoms in total. The van der Waals surface area contributed by atoms with Crippen molar-refractivity contribution in [2.24, 2.45) is 5.73 Å². The number of hydrogen-bond donors (Lipinski definition) is 1. The van der Waals surface area contributed by atoms with Gasteiger partial charge in [0.2, 0.25) is 5.91 Å². The number of anilines is 1. The summed E-state index contributed by atoms with van der Waals surface area (Å²) in [5.41, 5.74) is 5.46. The zero-order valence-electron chi connectivity index (χ0n) is 11.0. The van der Waals surface area contributed by atoms with Crippen LogP contribution in [0.5, 0.6) is 0 Å². The molecular formula is C13H19N3O3. The predicted molar refractivity (Wildman–Crippen MR) is 74.0 cm³/mol. The summed E-state index contributed by atoms with van der Waals surface area (Å²) < 4.78 is 0. The number of nitrogens with two attached hydrogens (primary N) is 1. The van der Waals surface area contributed by atoms with Crippen LogP contribution < -0.4 is 10.6 Å². The average Bonchev–Trinajstić information content (AvgIpc) is 2.39. The molecule has 0 unspecified atom stereocenters. The molecular weight excluding hydrogens is 246 g/mol. The van der Waals surface area contributed by atoms with E-state index in [0.717, 1.165) is 31.6 Å². The zero-order chi connectivity index (χ0) is 14.3. The van der Waals surface area contributed by atoms with Crippen molar-refractivity contribution in [3.8, 4) is 0 Å². The van der Waals surface area contributed by atoms with E-state index in [1.165, 1.54) is 13.3 Å². The Hall–Kier alpha value is -2.11. The Bertz CT molecular complexity index is 439. The Balaban J connectivity index is 0.000000399. The molecule has 0 aliphatic carbocycles. The smallest absolute Gasteiger partial charge is 0.292 e. The maximum atomic E-state index is 10.8. The van der Waals surface area contributed by atoms with E-state index in [4.69, 9.17) is 0 Å². The van der Waals surface area contributed by atoms with Crippen LogP contribution in [0, 0.1) is 10.1 Å². The first-order valence-corrected chi connectivity index (χ1v) is 6.26. The normalized spacial score (nSPS) is 14.3. The van der Waals surface area contributed by atoms with Crippen LogP contribution in [0.3, 0.4) is 0 Å². The second kappa shape index (κ2) is 7.35. The molecule has 1 fully saturated rings. The molecule has 1 amide bonds. The number of nitrogens with zero attached hydrogens (tertiary/aromatic N) is 2. The number of rotatable bonds is 2. The highest BCUT2D eigenvalue weighted by Gasteiger charge is 2.19. The summed E-state index contributed by atoms with van der Waals surface area (Å²) in [4.78, 5) is 21.9. The summed E-state index contributed by atoms with van der Waals surface area (Å²) in [6.45, 7) is 3.18. The molecule has 0 bridgehead atoms. The van der Waals surface area contributed by atoms with E-state index in [-0.39, 0.29) is 16.5 Å². The third-order valence-electron chi connectivity index (χ3n) is 2.78. The minimum absolute atomic E-state index is 0.222. The van der Waals surface area contributed by atoms with Gasteiger partial charge in [-0.1, -0.05) is 12.1 Å². The second-order valence-electron chi connectivity index (χ2n) is 4.40. The van der Waals surface area contributed by atoms with Crippen molar-refractivity contribution in [1.29, 1.82) is 0 Å². The maximum absolute atomic E-state index is 10.8. The quantitative estimate of drug-likeness (QED) is 0.654. The largest absolute Gasteiger partial charge is 0.370 e. The Kier molecular flexibility index (Phi) is 5.78. The molecule has 0 radical (unpaired) electrons. The van der Waals surface area contributed by atoms with Gasteiger partial charge in [0.25, 0.3) is 5.69 Å². The minimum atomic E-state index is -0.333. The Labute approximate surface area is 112 Å². The summed E-state index contributed by atoms with van der Waals surface area (Å²) in [5.74, 6) is -0.333. The van der Waals surface area contributed by atoms with E-state index in [1.807, 2.05) is 12.1 Å². The van der Waals surface area contributed by atoms with Gasteiger partial charge in [0, 0.05) is 26.1 Å². The molecule has 6 heteroatoms. The van der Waals surface area contributed by atoms with Crippen LogP contribution in [-0.4, -0.2) is 23.9 Å². The summed E-state index contributed by atoms with van der Waals surface area (Å²) >= 11 is 0. The lowest BCUT2D eigenvalue weighted by Crippen LogP contribution is -2.29. The van der Waals surface area contributed by atoms with Gasteiger partial charge in [0.05, 0.1) is 4.92 Å². The Morgan fingerprint density at radius 3 is 2.32 bits per heavy atom. The van der Waals surface area contributed by atoms with E-state index in [1.54, 1.807) is 12.1 Å². The molecule has 1 aliphatic rings. The lowest BCUT2D eigenvalue weighted by Gasteiger charge is -2.28. The number of carbonyl (C=O) groups is 1. The molecule has 0 atom stereocenters. The van der Waals surface area contributed by atoms with Crippen molar-refractivity contribution < 1.29 is 9.72 Å². The van der Waals surface area contributed by atoms with E-state index < -0.39 is 0 Å². The van der Waals surface area contributed by atoms with Crippen molar-refractivity contribution >= 4 is 17.3 Å². The van der Waals surface area contributed by atoms with Gasteiger partial charge in [0.1, 0.15) is 5.69 Å². The molecule has 1 aromatic carbocycles. The molecule has 0 spiro atoms. The molecule has 1 saturated heterocycles. The van der Waals surface area contributed by atoms with Crippen LogP contribution in [0.2, 0.25) is 0 Å². The number of carbonyl (C=O) groups excluding carboxylic acids is 1. The van der Waals surface area contributed by atoms with Gasteiger partial charge in [0.15, 0.2) is 0 Å². The highest BCUT2D eigenvalue weighted by Crippen LogP contribution is 2.29. The summed E-state index contributed by atoms with van der Waals surface area (Å²) in [6.07, 6.45) is 3.50. The van der Waals surface area contributed by atoms with Crippen LogP contribution in [0.25, 0.3) is 0 Å². The highest BCUT2D eigenvalue weighted by molar-refractivity contribution is 5.70. The number of para-hydroxylation sites is 2. The van der Waals surface area contributed by atoms with Crippen molar-refractivity contribution in [3.05, 3.63) is 34.4 Å². The van der Waals surface area contributed by atoms with Gasteiger partial charge in [-0.2, -0.15) is 0 Å². The fourth-order valence-corrected chi connectivity index (χ4v) is 2.02. The van der Waals surface area contributed by atoms with Crippen LogP contribution in [0.15, 0.2) is 24.3 Å². The molecule has 2 rings (SSSR count). The van der Waals surface area contributed by atoms with Gasteiger partial charge in [-0.3, -0.25) is 14.9 Å². The van der Waals surface area contributed by atoms with E-state index >= 15 is 0 Å². The van der Waals surface area contributed by atoms with Crippen molar-refractivity contribution in [1.82, 2.24) is 0 Å². The first kappa shape index (κ1) is 14.9. The molecule has 1 heterocycles. The van der Waals surface area contributed by atoms with Crippen LogP contribution >= 0.6 is 0 Å². The number of benzene rings is 1. The number of primary amides is 1. The fourth-order valence-electron chi connectivity index (χ4n) is 2.02. The number of nitro benzene ring substituents is 1.